The minimum Gasteiger partial charge on any atom is -0.311 e. The van der Waals surface area contributed by atoms with Crippen LogP contribution in [0.25, 0.3) is 0 Å². The zero-order valence-corrected chi connectivity index (χ0v) is 11.0. The normalized spacial score (nSPS) is 25.0. The number of hydrogen-bond donors (Lipinski definition) is 1. The molecule has 1 N–H and O–H groups in total. The SMILES string of the molecule is Cc1cc(C)c(CC2(C)CCCN2)cc1C. The first-order valence-electron chi connectivity index (χ1n) is 6.32. The van der Waals surface area contributed by atoms with Gasteiger partial charge in [-0.25, -0.2) is 0 Å². The van der Waals surface area contributed by atoms with Crippen molar-refractivity contribution in [3.8, 4) is 0 Å². The second kappa shape index (κ2) is 4.21. The molecule has 1 nitrogen and oxygen atoms in total. The first kappa shape index (κ1) is 11.7. The van der Waals surface area contributed by atoms with Crippen LogP contribution in [0.1, 0.15) is 42.0 Å². The molecule has 1 fully saturated rings. The Morgan fingerprint density at radius 2 is 1.81 bits per heavy atom. The third-order valence-corrected chi connectivity index (χ3v) is 3.99. The van der Waals surface area contributed by atoms with Gasteiger partial charge in [-0.15, -0.1) is 0 Å². The monoisotopic (exact) mass is 217 g/mol. The lowest BCUT2D eigenvalue weighted by Gasteiger charge is -2.25. The fourth-order valence-electron chi connectivity index (χ4n) is 2.74. The van der Waals surface area contributed by atoms with Crippen LogP contribution in [-0.2, 0) is 6.42 Å². The van der Waals surface area contributed by atoms with E-state index in [4.69, 9.17) is 0 Å². The van der Waals surface area contributed by atoms with Gasteiger partial charge in [0.15, 0.2) is 0 Å². The molecule has 1 atom stereocenters. The van der Waals surface area contributed by atoms with Crippen molar-refractivity contribution in [2.24, 2.45) is 0 Å². The Balaban J connectivity index is 2.24. The molecule has 0 saturated carbocycles. The summed E-state index contributed by atoms with van der Waals surface area (Å²) in [6.07, 6.45) is 3.79. The van der Waals surface area contributed by atoms with Crippen LogP contribution < -0.4 is 5.32 Å². The summed E-state index contributed by atoms with van der Waals surface area (Å²) in [4.78, 5) is 0. The second-order valence-corrected chi connectivity index (χ2v) is 5.63. The van der Waals surface area contributed by atoms with E-state index in [0.717, 1.165) is 0 Å². The minimum absolute atomic E-state index is 0.326. The molecule has 1 aliphatic heterocycles. The molecule has 88 valence electrons. The molecule has 0 radical (unpaired) electrons. The van der Waals surface area contributed by atoms with Crippen LogP contribution in [0.2, 0.25) is 0 Å². The molecule has 1 aromatic rings. The number of aryl methyl sites for hydroxylation is 3. The maximum absolute atomic E-state index is 3.64. The largest absolute Gasteiger partial charge is 0.311 e. The molecular weight excluding hydrogens is 194 g/mol. The highest BCUT2D eigenvalue weighted by molar-refractivity contribution is 5.37. The Labute approximate surface area is 99.3 Å². The lowest BCUT2D eigenvalue weighted by atomic mass is 9.88. The molecule has 1 saturated heterocycles. The predicted octanol–water partition coefficient (Wildman–Crippen LogP) is 3.30. The van der Waals surface area contributed by atoms with Gasteiger partial charge in [0.05, 0.1) is 0 Å². The summed E-state index contributed by atoms with van der Waals surface area (Å²) >= 11 is 0. The molecule has 0 amide bonds. The van der Waals surface area contributed by atoms with Gasteiger partial charge in [0.1, 0.15) is 0 Å². The summed E-state index contributed by atoms with van der Waals surface area (Å²) < 4.78 is 0. The van der Waals surface area contributed by atoms with Crippen molar-refractivity contribution in [3.05, 3.63) is 34.4 Å². The van der Waals surface area contributed by atoms with Crippen LogP contribution in [0.15, 0.2) is 12.1 Å². The van der Waals surface area contributed by atoms with Gasteiger partial charge >= 0.3 is 0 Å². The molecule has 1 aliphatic rings. The first-order valence-corrected chi connectivity index (χ1v) is 6.32. The van der Waals surface area contributed by atoms with Gasteiger partial charge in [0.25, 0.3) is 0 Å². The Morgan fingerprint density at radius 3 is 2.44 bits per heavy atom. The molecule has 1 aromatic carbocycles. The fraction of sp³-hybridized carbons (Fsp3) is 0.600. The number of hydrogen-bond acceptors (Lipinski definition) is 1. The van der Waals surface area contributed by atoms with Crippen LogP contribution in [0, 0.1) is 20.8 Å². The summed E-state index contributed by atoms with van der Waals surface area (Å²) in [6, 6.07) is 4.69. The van der Waals surface area contributed by atoms with Crippen LogP contribution in [0.5, 0.6) is 0 Å². The zero-order chi connectivity index (χ0) is 11.8. The van der Waals surface area contributed by atoms with Crippen molar-refractivity contribution in [1.82, 2.24) is 5.32 Å². The molecule has 0 aromatic heterocycles. The van der Waals surface area contributed by atoms with Crippen molar-refractivity contribution >= 4 is 0 Å². The fourth-order valence-corrected chi connectivity index (χ4v) is 2.74. The highest BCUT2D eigenvalue weighted by atomic mass is 15.0. The van der Waals surface area contributed by atoms with Gasteiger partial charge in [0, 0.05) is 5.54 Å². The molecule has 2 rings (SSSR count). The third-order valence-electron chi connectivity index (χ3n) is 3.99. The van der Waals surface area contributed by atoms with Crippen molar-refractivity contribution in [3.63, 3.8) is 0 Å². The summed E-state index contributed by atoms with van der Waals surface area (Å²) in [7, 11) is 0. The third kappa shape index (κ3) is 2.30. The van der Waals surface area contributed by atoms with E-state index < -0.39 is 0 Å². The average molecular weight is 217 g/mol. The summed E-state index contributed by atoms with van der Waals surface area (Å²) in [5, 5.41) is 3.64. The Bertz CT molecular complexity index is 387. The summed E-state index contributed by atoms with van der Waals surface area (Å²) in [5.41, 5.74) is 6.11. The van der Waals surface area contributed by atoms with Gasteiger partial charge < -0.3 is 5.32 Å². The predicted molar refractivity (Wildman–Crippen MR) is 70.0 cm³/mol. The van der Waals surface area contributed by atoms with Gasteiger partial charge in [-0.3, -0.25) is 0 Å². The number of rotatable bonds is 2. The van der Waals surface area contributed by atoms with Gasteiger partial charge in [-0.05, 0) is 75.8 Å². The van der Waals surface area contributed by atoms with Crippen LogP contribution in [0.3, 0.4) is 0 Å². The lowest BCUT2D eigenvalue weighted by molar-refractivity contribution is 0.412. The van der Waals surface area contributed by atoms with E-state index in [1.165, 1.54) is 48.1 Å². The van der Waals surface area contributed by atoms with Crippen LogP contribution in [-0.4, -0.2) is 12.1 Å². The molecule has 0 bridgehead atoms. The van der Waals surface area contributed by atoms with Crippen LogP contribution in [0.4, 0.5) is 0 Å². The highest BCUT2D eigenvalue weighted by Crippen LogP contribution is 2.26. The van der Waals surface area contributed by atoms with E-state index >= 15 is 0 Å². The molecule has 0 spiro atoms. The smallest absolute Gasteiger partial charge is 0.0194 e. The average Bonchev–Trinajstić information content (AvgIpc) is 2.62. The summed E-state index contributed by atoms with van der Waals surface area (Å²) in [6.45, 7) is 10.2. The van der Waals surface area contributed by atoms with Crippen molar-refractivity contribution in [1.29, 1.82) is 0 Å². The van der Waals surface area contributed by atoms with E-state index in [9.17, 15) is 0 Å². The van der Waals surface area contributed by atoms with Gasteiger partial charge in [-0.2, -0.15) is 0 Å². The molecule has 0 aliphatic carbocycles. The number of nitrogens with one attached hydrogen (secondary N) is 1. The Kier molecular flexibility index (Phi) is 3.07. The quantitative estimate of drug-likeness (QED) is 0.801. The topological polar surface area (TPSA) is 12.0 Å². The number of benzene rings is 1. The lowest BCUT2D eigenvalue weighted by Crippen LogP contribution is -2.38. The first-order chi connectivity index (χ1) is 7.50. The molecule has 1 heterocycles. The van der Waals surface area contributed by atoms with E-state index in [-0.39, 0.29) is 0 Å². The second-order valence-electron chi connectivity index (χ2n) is 5.63. The van der Waals surface area contributed by atoms with E-state index in [1.807, 2.05) is 0 Å². The standard InChI is InChI=1S/C15H23N/c1-11-8-13(3)14(9-12(11)2)10-15(4)6-5-7-16-15/h8-9,16H,5-7,10H2,1-4H3. The van der Waals surface area contributed by atoms with Gasteiger partial charge in [-0.1, -0.05) is 12.1 Å². The van der Waals surface area contributed by atoms with E-state index in [2.05, 4.69) is 45.1 Å². The molecular formula is C15H23N. The Hall–Kier alpha value is -0.820. The molecule has 1 heteroatoms. The van der Waals surface area contributed by atoms with Gasteiger partial charge in [0.2, 0.25) is 0 Å². The maximum Gasteiger partial charge on any atom is 0.0194 e. The molecule has 1 unspecified atom stereocenters. The maximum atomic E-state index is 3.64. The Morgan fingerprint density at radius 1 is 1.12 bits per heavy atom. The van der Waals surface area contributed by atoms with Crippen LogP contribution >= 0.6 is 0 Å². The highest BCUT2D eigenvalue weighted by Gasteiger charge is 2.28. The van der Waals surface area contributed by atoms with E-state index in [1.54, 1.807) is 0 Å². The molecule has 16 heavy (non-hydrogen) atoms. The van der Waals surface area contributed by atoms with Crippen molar-refractivity contribution in [2.45, 2.75) is 52.5 Å². The van der Waals surface area contributed by atoms with Crippen molar-refractivity contribution < 1.29 is 0 Å². The zero-order valence-electron chi connectivity index (χ0n) is 11.0. The minimum atomic E-state index is 0.326. The summed E-state index contributed by atoms with van der Waals surface area (Å²) in [5.74, 6) is 0. The van der Waals surface area contributed by atoms with E-state index in [0.29, 0.717) is 5.54 Å². The van der Waals surface area contributed by atoms with Crippen molar-refractivity contribution in [2.75, 3.05) is 6.54 Å².